The largest absolute Gasteiger partial charge is 0.516 e. The topological polar surface area (TPSA) is 78.9 Å². The number of aryl methyl sites for hydroxylation is 1. The number of rotatable bonds is 8. The highest BCUT2D eigenvalue weighted by Gasteiger charge is 2.28. The summed E-state index contributed by atoms with van der Waals surface area (Å²) in [6.45, 7) is 9.18. The molecule has 6 nitrogen and oxygen atoms in total. The van der Waals surface area contributed by atoms with Gasteiger partial charge in [-0.2, -0.15) is 0 Å². The normalized spacial score (nSPS) is 12.4. The summed E-state index contributed by atoms with van der Waals surface area (Å²) >= 11 is 0. The van der Waals surface area contributed by atoms with E-state index in [0.29, 0.717) is 12.8 Å². The van der Waals surface area contributed by atoms with Crippen LogP contribution in [0.25, 0.3) is 0 Å². The van der Waals surface area contributed by atoms with E-state index in [2.05, 4.69) is 0 Å². The van der Waals surface area contributed by atoms with E-state index in [4.69, 9.17) is 14.2 Å². The number of carbonyl (C=O) groups is 3. The molecule has 0 radical (unpaired) electrons. The van der Waals surface area contributed by atoms with Crippen molar-refractivity contribution >= 4 is 18.1 Å². The van der Waals surface area contributed by atoms with Crippen LogP contribution in [0.3, 0.4) is 0 Å². The van der Waals surface area contributed by atoms with E-state index < -0.39 is 29.6 Å². The number of ether oxygens (including phenoxy) is 3. The summed E-state index contributed by atoms with van der Waals surface area (Å²) in [4.78, 5) is 36.2. The van der Waals surface area contributed by atoms with Gasteiger partial charge < -0.3 is 14.2 Å². The van der Waals surface area contributed by atoms with Gasteiger partial charge in [0.05, 0.1) is 18.9 Å². The van der Waals surface area contributed by atoms with Crippen LogP contribution in [0.15, 0.2) is 30.3 Å². The van der Waals surface area contributed by atoms with E-state index in [1.54, 1.807) is 20.8 Å². The first-order chi connectivity index (χ1) is 12.6. The molecule has 0 bridgehead atoms. The molecule has 0 N–H and O–H groups in total. The van der Waals surface area contributed by atoms with Gasteiger partial charge in [-0.15, -0.1) is 0 Å². The van der Waals surface area contributed by atoms with Crippen molar-refractivity contribution in [3.63, 3.8) is 0 Å². The third-order valence-electron chi connectivity index (χ3n) is 3.51. The first-order valence-electron chi connectivity index (χ1n) is 9.21. The Hall–Kier alpha value is -2.37. The first-order valence-corrected chi connectivity index (χ1v) is 9.21. The number of carbonyl (C=O) groups excluding carboxylic acids is 3. The van der Waals surface area contributed by atoms with Gasteiger partial charge in [0.15, 0.2) is 0 Å². The molecule has 0 aliphatic heterocycles. The lowest BCUT2D eigenvalue weighted by Crippen LogP contribution is -2.29. The highest BCUT2D eigenvalue weighted by molar-refractivity contribution is 5.86. The SMILES string of the molecule is CC(C)COC(=O)OC(=O)[C@H](CCc1ccccc1)CC(=O)OC(C)(C)C. The molecule has 0 heterocycles. The summed E-state index contributed by atoms with van der Waals surface area (Å²) in [5.41, 5.74) is 0.378. The quantitative estimate of drug-likeness (QED) is 0.496. The van der Waals surface area contributed by atoms with Crippen molar-refractivity contribution in [3.8, 4) is 0 Å². The summed E-state index contributed by atoms with van der Waals surface area (Å²) in [6.07, 6.45) is -0.257. The Morgan fingerprint density at radius 2 is 1.67 bits per heavy atom. The standard InChI is InChI=1S/C21H30O6/c1-15(2)14-25-20(24)26-19(23)17(13-18(22)27-21(3,4)5)12-11-16-9-7-6-8-10-16/h6-10,15,17H,11-14H2,1-5H3/t17-/m1/s1. The molecule has 150 valence electrons. The predicted octanol–water partition coefficient (Wildman–Crippen LogP) is 4.30. The molecule has 0 saturated heterocycles. The molecule has 0 aromatic heterocycles. The van der Waals surface area contributed by atoms with Gasteiger partial charge in [0.2, 0.25) is 0 Å². The maximum atomic E-state index is 12.4. The zero-order chi connectivity index (χ0) is 20.4. The molecule has 0 amide bonds. The molecule has 1 rings (SSSR count). The summed E-state index contributed by atoms with van der Waals surface area (Å²) in [5, 5.41) is 0. The molecule has 1 aromatic rings. The van der Waals surface area contributed by atoms with Crippen LogP contribution in [-0.2, 0) is 30.2 Å². The van der Waals surface area contributed by atoms with E-state index in [1.807, 2.05) is 44.2 Å². The molecular weight excluding hydrogens is 348 g/mol. The zero-order valence-electron chi connectivity index (χ0n) is 16.8. The van der Waals surface area contributed by atoms with Gasteiger partial charge in [0, 0.05) is 0 Å². The lowest BCUT2D eigenvalue weighted by Gasteiger charge is -2.21. The third kappa shape index (κ3) is 10.4. The fourth-order valence-corrected chi connectivity index (χ4v) is 2.30. The minimum absolute atomic E-state index is 0.128. The van der Waals surface area contributed by atoms with E-state index in [-0.39, 0.29) is 18.9 Å². The Morgan fingerprint density at radius 3 is 2.22 bits per heavy atom. The van der Waals surface area contributed by atoms with Gasteiger partial charge in [0.25, 0.3) is 0 Å². The van der Waals surface area contributed by atoms with Crippen LogP contribution in [-0.4, -0.2) is 30.3 Å². The van der Waals surface area contributed by atoms with Crippen LogP contribution in [0.1, 0.15) is 53.0 Å². The van der Waals surface area contributed by atoms with E-state index in [1.165, 1.54) is 0 Å². The second-order valence-corrected chi connectivity index (χ2v) is 7.89. The van der Waals surface area contributed by atoms with Crippen molar-refractivity contribution in [2.45, 2.75) is 59.5 Å². The second-order valence-electron chi connectivity index (χ2n) is 7.89. The fraction of sp³-hybridized carbons (Fsp3) is 0.571. The predicted molar refractivity (Wildman–Crippen MR) is 101 cm³/mol. The van der Waals surface area contributed by atoms with Crippen LogP contribution in [0.4, 0.5) is 4.79 Å². The minimum atomic E-state index is -1.04. The molecule has 1 aromatic carbocycles. The Morgan fingerprint density at radius 1 is 1.04 bits per heavy atom. The van der Waals surface area contributed by atoms with Gasteiger partial charge in [-0.25, -0.2) is 4.79 Å². The Kier molecular flexibility index (Phi) is 8.98. The molecule has 0 saturated carbocycles. The molecule has 0 unspecified atom stereocenters. The van der Waals surface area contributed by atoms with Crippen molar-refractivity contribution in [1.29, 1.82) is 0 Å². The lowest BCUT2D eigenvalue weighted by atomic mass is 9.96. The maximum Gasteiger partial charge on any atom is 0.516 e. The molecule has 0 fully saturated rings. The van der Waals surface area contributed by atoms with Crippen LogP contribution in [0, 0.1) is 11.8 Å². The average Bonchev–Trinajstić information content (AvgIpc) is 2.56. The number of hydrogen-bond donors (Lipinski definition) is 0. The third-order valence-corrected chi connectivity index (χ3v) is 3.51. The van der Waals surface area contributed by atoms with Gasteiger partial charge in [-0.05, 0) is 45.1 Å². The fourth-order valence-electron chi connectivity index (χ4n) is 2.30. The van der Waals surface area contributed by atoms with Crippen LogP contribution < -0.4 is 0 Å². The smallest absolute Gasteiger partial charge is 0.460 e. The molecule has 6 heteroatoms. The number of esters is 2. The second kappa shape index (κ2) is 10.7. The van der Waals surface area contributed by atoms with Crippen molar-refractivity contribution in [1.82, 2.24) is 0 Å². The van der Waals surface area contributed by atoms with Crippen molar-refractivity contribution < 1.29 is 28.6 Å². The average molecular weight is 378 g/mol. The van der Waals surface area contributed by atoms with E-state index in [0.717, 1.165) is 5.56 Å². The van der Waals surface area contributed by atoms with Gasteiger partial charge in [-0.1, -0.05) is 44.2 Å². The zero-order valence-corrected chi connectivity index (χ0v) is 16.8. The molecule has 1 atom stereocenters. The highest BCUT2D eigenvalue weighted by Crippen LogP contribution is 2.19. The van der Waals surface area contributed by atoms with Crippen LogP contribution >= 0.6 is 0 Å². The van der Waals surface area contributed by atoms with Gasteiger partial charge in [0.1, 0.15) is 5.60 Å². The maximum absolute atomic E-state index is 12.4. The lowest BCUT2D eigenvalue weighted by molar-refractivity contribution is -0.160. The highest BCUT2D eigenvalue weighted by atomic mass is 16.7. The minimum Gasteiger partial charge on any atom is -0.460 e. The van der Waals surface area contributed by atoms with Crippen molar-refractivity contribution in [2.75, 3.05) is 6.61 Å². The molecule has 0 aliphatic carbocycles. The summed E-state index contributed by atoms with van der Waals surface area (Å²) < 4.78 is 14.9. The van der Waals surface area contributed by atoms with Crippen LogP contribution in [0.5, 0.6) is 0 Å². The van der Waals surface area contributed by atoms with E-state index in [9.17, 15) is 14.4 Å². The van der Waals surface area contributed by atoms with Crippen molar-refractivity contribution in [2.24, 2.45) is 11.8 Å². The van der Waals surface area contributed by atoms with Gasteiger partial charge in [-0.3, -0.25) is 9.59 Å². The Labute approximate surface area is 161 Å². The van der Waals surface area contributed by atoms with Gasteiger partial charge >= 0.3 is 18.1 Å². The number of hydrogen-bond acceptors (Lipinski definition) is 6. The molecule has 0 aliphatic rings. The molecule has 0 spiro atoms. The Balaban J connectivity index is 2.71. The summed E-state index contributed by atoms with van der Waals surface area (Å²) in [5.74, 6) is -1.94. The first kappa shape index (κ1) is 22.7. The van der Waals surface area contributed by atoms with Crippen molar-refractivity contribution in [3.05, 3.63) is 35.9 Å². The summed E-state index contributed by atoms with van der Waals surface area (Å²) in [6, 6.07) is 9.58. The monoisotopic (exact) mass is 378 g/mol. The van der Waals surface area contributed by atoms with E-state index >= 15 is 0 Å². The number of benzene rings is 1. The Bertz CT molecular complexity index is 615. The molecular formula is C21H30O6. The van der Waals surface area contributed by atoms with Crippen LogP contribution in [0.2, 0.25) is 0 Å². The summed E-state index contributed by atoms with van der Waals surface area (Å²) in [7, 11) is 0. The molecule has 27 heavy (non-hydrogen) atoms.